The first-order valence-electron chi connectivity index (χ1n) is 15.7. The lowest BCUT2D eigenvalue weighted by molar-refractivity contribution is 0.669. The Morgan fingerprint density at radius 2 is 0.891 bits per heavy atom. The molecule has 0 unspecified atom stereocenters. The molecular formula is C44H26OS. The first-order valence-corrected chi connectivity index (χ1v) is 16.5. The average molecular weight is 603 g/mol. The summed E-state index contributed by atoms with van der Waals surface area (Å²) in [6.45, 7) is 0. The van der Waals surface area contributed by atoms with Crippen molar-refractivity contribution in [2.75, 3.05) is 0 Å². The van der Waals surface area contributed by atoms with E-state index >= 15 is 0 Å². The molecule has 0 spiro atoms. The first kappa shape index (κ1) is 25.7. The minimum absolute atomic E-state index is 0.909. The van der Waals surface area contributed by atoms with Gasteiger partial charge in [0.25, 0.3) is 0 Å². The van der Waals surface area contributed by atoms with E-state index in [1.807, 2.05) is 11.8 Å². The maximum atomic E-state index is 6.47. The minimum Gasteiger partial charge on any atom is -0.456 e. The van der Waals surface area contributed by atoms with Crippen molar-refractivity contribution in [3.63, 3.8) is 0 Å². The second-order valence-corrected chi connectivity index (χ2v) is 13.1. The Kier molecular flexibility index (Phi) is 5.58. The Bertz CT molecular complexity index is 2680. The van der Waals surface area contributed by atoms with Crippen LogP contribution in [0, 0.1) is 0 Å². The summed E-state index contributed by atoms with van der Waals surface area (Å²) >= 11 is 1.87. The van der Waals surface area contributed by atoms with E-state index < -0.39 is 0 Å². The standard InChI is InChI=1S/C44H26OS/c1-2-12-28-26-40-38(25-27(28)11-1)43-35(20-10-21-39(43)45-40)32-16-6-5-14-30(32)29-13-3-4-15-31(29)33-23-24-42-44-36(33)18-9-19-37(44)34-17-7-8-22-41(34)46-42/h1-26H. The maximum absolute atomic E-state index is 6.47. The molecule has 0 saturated carbocycles. The Balaban J connectivity index is 1.21. The van der Waals surface area contributed by atoms with E-state index in [0.717, 1.165) is 21.9 Å². The van der Waals surface area contributed by atoms with Crippen molar-refractivity contribution >= 4 is 55.2 Å². The van der Waals surface area contributed by atoms with Crippen LogP contribution >= 0.6 is 11.8 Å². The maximum Gasteiger partial charge on any atom is 0.136 e. The number of rotatable bonds is 3. The molecule has 0 saturated heterocycles. The van der Waals surface area contributed by atoms with Crippen LogP contribution in [0.25, 0.3) is 88.0 Å². The third-order valence-corrected chi connectivity index (χ3v) is 10.6. The summed E-state index contributed by atoms with van der Waals surface area (Å²) in [7, 11) is 0. The molecular weight excluding hydrogens is 577 g/mol. The van der Waals surface area contributed by atoms with Crippen LogP contribution in [0.5, 0.6) is 0 Å². The lowest BCUT2D eigenvalue weighted by Crippen LogP contribution is -1.95. The third kappa shape index (κ3) is 3.77. The van der Waals surface area contributed by atoms with Crippen molar-refractivity contribution in [1.29, 1.82) is 0 Å². The molecule has 0 N–H and O–H groups in total. The molecule has 0 aliphatic carbocycles. The predicted octanol–water partition coefficient (Wildman–Crippen LogP) is 13.0. The summed E-state index contributed by atoms with van der Waals surface area (Å²) in [5, 5.41) is 7.34. The minimum atomic E-state index is 0.909. The molecule has 8 aromatic carbocycles. The number of benzene rings is 8. The highest BCUT2D eigenvalue weighted by atomic mass is 32.2. The molecule has 0 atom stereocenters. The summed E-state index contributed by atoms with van der Waals surface area (Å²) in [4.78, 5) is 2.63. The zero-order chi connectivity index (χ0) is 30.2. The third-order valence-electron chi connectivity index (χ3n) is 9.49. The molecule has 2 heterocycles. The Morgan fingerprint density at radius 3 is 1.65 bits per heavy atom. The molecule has 0 bridgehead atoms. The highest BCUT2D eigenvalue weighted by molar-refractivity contribution is 7.99. The van der Waals surface area contributed by atoms with E-state index in [9.17, 15) is 0 Å². The van der Waals surface area contributed by atoms with Crippen LogP contribution in [-0.2, 0) is 0 Å². The van der Waals surface area contributed by atoms with Crippen molar-refractivity contribution in [3.8, 4) is 44.5 Å². The van der Waals surface area contributed by atoms with Gasteiger partial charge in [-0.15, -0.1) is 0 Å². The molecule has 10 rings (SSSR count). The van der Waals surface area contributed by atoms with E-state index in [4.69, 9.17) is 4.42 Å². The molecule has 46 heavy (non-hydrogen) atoms. The van der Waals surface area contributed by atoms with Gasteiger partial charge >= 0.3 is 0 Å². The first-order chi connectivity index (χ1) is 22.8. The molecule has 0 fully saturated rings. The number of furan rings is 1. The number of hydrogen-bond acceptors (Lipinski definition) is 2. The van der Waals surface area contributed by atoms with Gasteiger partial charge in [0.15, 0.2) is 0 Å². The lowest BCUT2D eigenvalue weighted by atomic mass is 9.86. The van der Waals surface area contributed by atoms with Gasteiger partial charge in [-0.3, -0.25) is 0 Å². The van der Waals surface area contributed by atoms with Gasteiger partial charge in [-0.05, 0) is 91.0 Å². The van der Waals surface area contributed by atoms with Crippen LogP contribution < -0.4 is 0 Å². The van der Waals surface area contributed by atoms with Crippen LogP contribution in [0.2, 0.25) is 0 Å². The zero-order valence-corrected chi connectivity index (χ0v) is 25.6. The van der Waals surface area contributed by atoms with Crippen LogP contribution in [0.4, 0.5) is 0 Å². The SMILES string of the molecule is c1ccc2c(c1)Sc1ccc(-c3ccccc3-c3ccccc3-c3cccc4oc5cc6ccccc6cc5c34)c3cccc-2c13. The van der Waals surface area contributed by atoms with Gasteiger partial charge in [0, 0.05) is 25.9 Å². The van der Waals surface area contributed by atoms with Gasteiger partial charge in [-0.25, -0.2) is 0 Å². The predicted molar refractivity (Wildman–Crippen MR) is 195 cm³/mol. The van der Waals surface area contributed by atoms with Gasteiger partial charge in [0.2, 0.25) is 0 Å². The van der Waals surface area contributed by atoms with Crippen molar-refractivity contribution in [3.05, 3.63) is 158 Å². The molecule has 9 aromatic rings. The van der Waals surface area contributed by atoms with E-state index in [-0.39, 0.29) is 0 Å². The molecule has 1 aromatic heterocycles. The van der Waals surface area contributed by atoms with Crippen LogP contribution in [0.15, 0.2) is 172 Å². The fraction of sp³-hybridized carbons (Fsp3) is 0. The summed E-state index contributed by atoms with van der Waals surface area (Å²) in [5.41, 5.74) is 11.8. The molecule has 0 amide bonds. The van der Waals surface area contributed by atoms with Gasteiger partial charge in [-0.1, -0.05) is 139 Å². The monoisotopic (exact) mass is 602 g/mol. The summed E-state index contributed by atoms with van der Waals surface area (Å²) in [6, 6.07) is 57.3. The highest BCUT2D eigenvalue weighted by Gasteiger charge is 2.22. The fourth-order valence-corrected chi connectivity index (χ4v) is 8.59. The number of fused-ring (bicyclic) bond motifs is 6. The van der Waals surface area contributed by atoms with Gasteiger partial charge < -0.3 is 4.42 Å². The summed E-state index contributed by atoms with van der Waals surface area (Å²) in [5.74, 6) is 0. The summed E-state index contributed by atoms with van der Waals surface area (Å²) in [6.07, 6.45) is 0. The molecule has 2 heteroatoms. The molecule has 214 valence electrons. The van der Waals surface area contributed by atoms with E-state index in [0.29, 0.717) is 0 Å². The van der Waals surface area contributed by atoms with E-state index in [1.54, 1.807) is 0 Å². The highest BCUT2D eigenvalue weighted by Crippen LogP contribution is 2.51. The second-order valence-electron chi connectivity index (χ2n) is 12.0. The van der Waals surface area contributed by atoms with Gasteiger partial charge in [0.1, 0.15) is 11.2 Å². The smallest absolute Gasteiger partial charge is 0.136 e. The Hall–Kier alpha value is -5.57. The number of hydrogen-bond donors (Lipinski definition) is 0. The van der Waals surface area contributed by atoms with Crippen LogP contribution in [0.3, 0.4) is 0 Å². The summed E-state index contributed by atoms with van der Waals surface area (Å²) < 4.78 is 6.47. The zero-order valence-electron chi connectivity index (χ0n) is 24.8. The molecule has 1 aliphatic rings. The van der Waals surface area contributed by atoms with Crippen LogP contribution in [0.1, 0.15) is 0 Å². The van der Waals surface area contributed by atoms with Crippen molar-refractivity contribution in [1.82, 2.24) is 0 Å². The quantitative estimate of drug-likeness (QED) is 0.200. The van der Waals surface area contributed by atoms with E-state index in [1.165, 1.54) is 75.8 Å². The van der Waals surface area contributed by atoms with Crippen molar-refractivity contribution < 1.29 is 4.42 Å². The molecule has 1 nitrogen and oxygen atoms in total. The van der Waals surface area contributed by atoms with Crippen molar-refractivity contribution in [2.45, 2.75) is 9.79 Å². The normalized spacial score (nSPS) is 12.3. The second kappa shape index (κ2) is 9.97. The van der Waals surface area contributed by atoms with E-state index in [2.05, 4.69) is 158 Å². The molecule has 1 aliphatic heterocycles. The Morgan fingerprint density at radius 1 is 0.326 bits per heavy atom. The van der Waals surface area contributed by atoms with Crippen molar-refractivity contribution in [2.24, 2.45) is 0 Å². The van der Waals surface area contributed by atoms with Gasteiger partial charge in [-0.2, -0.15) is 0 Å². The lowest BCUT2D eigenvalue weighted by Gasteiger charge is -2.22. The Labute approximate surface area is 270 Å². The molecule has 0 radical (unpaired) electrons. The van der Waals surface area contributed by atoms with Gasteiger partial charge in [0.05, 0.1) is 0 Å². The average Bonchev–Trinajstić information content (AvgIpc) is 3.48. The largest absolute Gasteiger partial charge is 0.456 e. The van der Waals surface area contributed by atoms with Crippen LogP contribution in [-0.4, -0.2) is 0 Å². The fourth-order valence-electron chi connectivity index (χ4n) is 7.46. The topological polar surface area (TPSA) is 13.1 Å².